The smallest absolute Gasteiger partial charge is 0.245 e. The van der Waals surface area contributed by atoms with Crippen molar-refractivity contribution in [1.29, 1.82) is 0 Å². The van der Waals surface area contributed by atoms with Gasteiger partial charge < -0.3 is 5.73 Å². The maximum absolute atomic E-state index is 12.2. The summed E-state index contributed by atoms with van der Waals surface area (Å²) in [4.78, 5) is 0.198. The van der Waals surface area contributed by atoms with Crippen LogP contribution in [0.4, 0.5) is 5.69 Å². The van der Waals surface area contributed by atoms with Gasteiger partial charge in [-0.1, -0.05) is 15.9 Å². The Morgan fingerprint density at radius 2 is 1.88 bits per heavy atom. The van der Waals surface area contributed by atoms with E-state index in [1.165, 1.54) is 4.31 Å². The number of anilines is 1. The van der Waals surface area contributed by atoms with Crippen LogP contribution in [0.5, 0.6) is 0 Å². The Balaban J connectivity index is 2.46. The zero-order chi connectivity index (χ0) is 11.8. The Hall–Kier alpha value is -0.590. The molecule has 1 heterocycles. The molecule has 1 aliphatic rings. The Morgan fingerprint density at radius 3 is 2.50 bits per heavy atom. The van der Waals surface area contributed by atoms with E-state index >= 15 is 0 Å². The first kappa shape index (κ1) is 11.9. The van der Waals surface area contributed by atoms with Gasteiger partial charge in [0.15, 0.2) is 0 Å². The summed E-state index contributed by atoms with van der Waals surface area (Å²) in [5, 5.41) is 0. The van der Waals surface area contributed by atoms with E-state index in [-0.39, 0.29) is 4.90 Å². The van der Waals surface area contributed by atoms with Gasteiger partial charge >= 0.3 is 0 Å². The van der Waals surface area contributed by atoms with Crippen molar-refractivity contribution in [2.45, 2.75) is 17.7 Å². The van der Waals surface area contributed by atoms with Gasteiger partial charge in [0.2, 0.25) is 10.0 Å². The SMILES string of the molecule is Nc1ccc(Br)cc1S(=O)(=O)N1CCCC1. The van der Waals surface area contributed by atoms with E-state index < -0.39 is 10.0 Å². The summed E-state index contributed by atoms with van der Waals surface area (Å²) in [7, 11) is -3.41. The molecule has 0 saturated carbocycles. The second-order valence-corrected chi connectivity index (χ2v) is 6.62. The lowest BCUT2D eigenvalue weighted by Gasteiger charge is -2.16. The average molecular weight is 305 g/mol. The van der Waals surface area contributed by atoms with Gasteiger partial charge in [-0.05, 0) is 31.0 Å². The summed E-state index contributed by atoms with van der Waals surface area (Å²) in [6, 6.07) is 4.90. The summed E-state index contributed by atoms with van der Waals surface area (Å²) < 4.78 is 26.7. The molecule has 1 fully saturated rings. The zero-order valence-corrected chi connectivity index (χ0v) is 11.1. The second-order valence-electron chi connectivity index (χ2n) is 3.79. The van der Waals surface area contributed by atoms with Crippen molar-refractivity contribution in [3.8, 4) is 0 Å². The van der Waals surface area contributed by atoms with Gasteiger partial charge in [0, 0.05) is 17.6 Å². The minimum absolute atomic E-state index is 0.198. The van der Waals surface area contributed by atoms with Crippen molar-refractivity contribution in [3.63, 3.8) is 0 Å². The summed E-state index contributed by atoms with van der Waals surface area (Å²) in [5.74, 6) is 0. The van der Waals surface area contributed by atoms with Crippen LogP contribution < -0.4 is 5.73 Å². The van der Waals surface area contributed by atoms with Gasteiger partial charge in [-0.3, -0.25) is 0 Å². The third kappa shape index (κ3) is 2.09. The fourth-order valence-corrected chi connectivity index (χ4v) is 3.97. The Labute approximate surface area is 104 Å². The highest BCUT2D eigenvalue weighted by molar-refractivity contribution is 9.10. The number of hydrogen-bond donors (Lipinski definition) is 1. The predicted octanol–water partition coefficient (Wildman–Crippen LogP) is 1.82. The van der Waals surface area contributed by atoms with Gasteiger partial charge in [0.05, 0.1) is 5.69 Å². The molecular weight excluding hydrogens is 292 g/mol. The van der Waals surface area contributed by atoms with Gasteiger partial charge in [-0.2, -0.15) is 4.31 Å². The van der Waals surface area contributed by atoms with Crippen LogP contribution in [0.3, 0.4) is 0 Å². The van der Waals surface area contributed by atoms with E-state index in [4.69, 9.17) is 5.73 Å². The van der Waals surface area contributed by atoms with Crippen LogP contribution in [-0.4, -0.2) is 25.8 Å². The van der Waals surface area contributed by atoms with Gasteiger partial charge in [0.25, 0.3) is 0 Å². The highest BCUT2D eigenvalue weighted by atomic mass is 79.9. The number of nitrogens with zero attached hydrogens (tertiary/aromatic N) is 1. The molecule has 0 aromatic heterocycles. The molecule has 0 radical (unpaired) electrons. The standard InChI is InChI=1S/C10H13BrN2O2S/c11-8-3-4-9(12)10(7-8)16(14,15)13-5-1-2-6-13/h3-4,7H,1-2,5-6,12H2. The summed E-state index contributed by atoms with van der Waals surface area (Å²) in [6.07, 6.45) is 1.85. The first-order valence-corrected chi connectivity index (χ1v) is 7.30. The molecule has 1 saturated heterocycles. The Morgan fingerprint density at radius 1 is 1.25 bits per heavy atom. The highest BCUT2D eigenvalue weighted by Gasteiger charge is 2.28. The monoisotopic (exact) mass is 304 g/mol. The largest absolute Gasteiger partial charge is 0.398 e. The lowest BCUT2D eigenvalue weighted by Crippen LogP contribution is -2.28. The molecule has 0 amide bonds. The molecule has 0 bridgehead atoms. The van der Waals surface area contributed by atoms with Crippen molar-refractivity contribution < 1.29 is 8.42 Å². The quantitative estimate of drug-likeness (QED) is 0.848. The number of nitrogens with two attached hydrogens (primary N) is 1. The number of sulfonamides is 1. The second kappa shape index (κ2) is 4.35. The van der Waals surface area contributed by atoms with Crippen molar-refractivity contribution in [2.75, 3.05) is 18.8 Å². The summed E-state index contributed by atoms with van der Waals surface area (Å²) >= 11 is 3.26. The van der Waals surface area contributed by atoms with Crippen LogP contribution in [-0.2, 0) is 10.0 Å². The predicted molar refractivity (Wildman–Crippen MR) is 66.5 cm³/mol. The van der Waals surface area contributed by atoms with Crippen LogP contribution in [0.1, 0.15) is 12.8 Å². The fraction of sp³-hybridized carbons (Fsp3) is 0.400. The van der Waals surface area contributed by atoms with Crippen molar-refractivity contribution in [1.82, 2.24) is 4.31 Å². The molecule has 1 aliphatic heterocycles. The van der Waals surface area contributed by atoms with Gasteiger partial charge in [-0.25, -0.2) is 8.42 Å². The molecule has 2 rings (SSSR count). The molecule has 16 heavy (non-hydrogen) atoms. The lowest BCUT2D eigenvalue weighted by molar-refractivity contribution is 0.478. The van der Waals surface area contributed by atoms with Gasteiger partial charge in [0.1, 0.15) is 4.90 Å². The minimum Gasteiger partial charge on any atom is -0.398 e. The van der Waals surface area contributed by atoms with E-state index in [1.54, 1.807) is 18.2 Å². The maximum Gasteiger partial charge on any atom is 0.245 e. The third-order valence-corrected chi connectivity index (χ3v) is 5.11. The Kier molecular flexibility index (Phi) is 3.23. The molecule has 0 aliphatic carbocycles. The maximum atomic E-state index is 12.2. The molecule has 0 unspecified atom stereocenters. The van der Waals surface area contributed by atoms with Crippen molar-refractivity contribution >= 4 is 31.6 Å². The molecule has 1 aromatic rings. The summed E-state index contributed by atoms with van der Waals surface area (Å²) in [5.41, 5.74) is 6.02. The first-order chi connectivity index (χ1) is 7.51. The van der Waals surface area contributed by atoms with E-state index in [0.717, 1.165) is 17.3 Å². The number of nitrogen functional groups attached to an aromatic ring is 1. The molecule has 6 heteroatoms. The Bertz CT molecular complexity index is 496. The first-order valence-electron chi connectivity index (χ1n) is 5.07. The molecule has 2 N–H and O–H groups in total. The van der Waals surface area contributed by atoms with E-state index in [1.807, 2.05) is 0 Å². The normalized spacial score (nSPS) is 17.8. The number of hydrogen-bond acceptors (Lipinski definition) is 3. The van der Waals surface area contributed by atoms with Crippen LogP contribution in [0, 0.1) is 0 Å². The highest BCUT2D eigenvalue weighted by Crippen LogP contribution is 2.27. The summed E-state index contributed by atoms with van der Waals surface area (Å²) in [6.45, 7) is 1.18. The molecule has 0 spiro atoms. The van der Waals surface area contributed by atoms with E-state index in [2.05, 4.69) is 15.9 Å². The molecule has 4 nitrogen and oxygen atoms in total. The molecule has 88 valence electrons. The lowest BCUT2D eigenvalue weighted by atomic mass is 10.3. The van der Waals surface area contributed by atoms with Crippen LogP contribution in [0.15, 0.2) is 27.6 Å². The van der Waals surface area contributed by atoms with E-state index in [9.17, 15) is 8.42 Å². The average Bonchev–Trinajstić information content (AvgIpc) is 2.75. The molecule has 1 aromatic carbocycles. The topological polar surface area (TPSA) is 63.4 Å². The fourth-order valence-electron chi connectivity index (χ4n) is 1.80. The number of benzene rings is 1. The molecule has 0 atom stereocenters. The minimum atomic E-state index is -3.41. The van der Waals surface area contributed by atoms with Crippen LogP contribution in [0.25, 0.3) is 0 Å². The van der Waals surface area contributed by atoms with Gasteiger partial charge in [-0.15, -0.1) is 0 Å². The zero-order valence-electron chi connectivity index (χ0n) is 8.69. The van der Waals surface area contributed by atoms with Crippen molar-refractivity contribution in [2.24, 2.45) is 0 Å². The van der Waals surface area contributed by atoms with Crippen LogP contribution >= 0.6 is 15.9 Å². The molecular formula is C10H13BrN2O2S. The third-order valence-electron chi connectivity index (χ3n) is 2.66. The van der Waals surface area contributed by atoms with E-state index in [0.29, 0.717) is 18.8 Å². The number of halogens is 1. The van der Waals surface area contributed by atoms with Crippen LogP contribution in [0.2, 0.25) is 0 Å². The van der Waals surface area contributed by atoms with Crippen molar-refractivity contribution in [3.05, 3.63) is 22.7 Å². The number of rotatable bonds is 2.